The van der Waals surface area contributed by atoms with E-state index in [1.807, 2.05) is 49.4 Å². The van der Waals surface area contributed by atoms with Crippen molar-refractivity contribution in [1.29, 1.82) is 0 Å². The molecule has 26 heavy (non-hydrogen) atoms. The molecule has 2 aromatic rings. The summed E-state index contributed by atoms with van der Waals surface area (Å²) in [6.07, 6.45) is 0. The molecule has 0 N–H and O–H groups in total. The second-order valence-electron chi connectivity index (χ2n) is 5.86. The third-order valence-corrected chi connectivity index (χ3v) is 4.74. The Morgan fingerprint density at radius 1 is 1.23 bits per heavy atom. The highest BCUT2D eigenvalue weighted by atomic mass is 79.9. The van der Waals surface area contributed by atoms with Gasteiger partial charge in [-0.2, -0.15) is 0 Å². The van der Waals surface area contributed by atoms with Crippen LogP contribution in [0.2, 0.25) is 0 Å². The van der Waals surface area contributed by atoms with Gasteiger partial charge in [-0.25, -0.2) is 0 Å². The van der Waals surface area contributed by atoms with Crippen molar-refractivity contribution in [3.8, 4) is 11.5 Å². The molecular weight excluding hydrogens is 400 g/mol. The number of halogens is 1. The molecule has 1 heterocycles. The first kappa shape index (κ1) is 18.3. The van der Waals surface area contributed by atoms with Gasteiger partial charge in [-0.05, 0) is 36.8 Å². The fourth-order valence-corrected chi connectivity index (χ4v) is 2.85. The van der Waals surface area contributed by atoms with E-state index >= 15 is 0 Å². The molecule has 1 aliphatic rings. The van der Waals surface area contributed by atoms with Crippen molar-refractivity contribution in [2.24, 2.45) is 5.16 Å². The number of amides is 1. The van der Waals surface area contributed by atoms with Crippen molar-refractivity contribution in [2.45, 2.75) is 13.5 Å². The number of benzene rings is 2. The second kappa shape index (κ2) is 8.23. The summed E-state index contributed by atoms with van der Waals surface area (Å²) in [5, 5.41) is 4.03. The number of rotatable bonds is 6. The molecule has 0 spiro atoms. The SMILES string of the molecule is C/C(=N\OCC(=O)N(C)Cc1ccccc1Br)c1ccc2c(c1)OCO2. The molecule has 3 rings (SSSR count). The summed E-state index contributed by atoms with van der Waals surface area (Å²) < 4.78 is 11.6. The van der Waals surface area contributed by atoms with Crippen LogP contribution < -0.4 is 9.47 Å². The number of fused-ring (bicyclic) bond motifs is 1. The Hall–Kier alpha value is -2.54. The summed E-state index contributed by atoms with van der Waals surface area (Å²) in [5.74, 6) is 1.25. The van der Waals surface area contributed by atoms with Crippen LogP contribution >= 0.6 is 15.9 Å². The summed E-state index contributed by atoms with van der Waals surface area (Å²) in [6, 6.07) is 13.3. The first-order valence-corrected chi connectivity index (χ1v) is 8.88. The lowest BCUT2D eigenvalue weighted by Gasteiger charge is -2.17. The summed E-state index contributed by atoms with van der Waals surface area (Å²) in [4.78, 5) is 19.0. The molecule has 136 valence electrons. The topological polar surface area (TPSA) is 60.4 Å². The summed E-state index contributed by atoms with van der Waals surface area (Å²) in [7, 11) is 1.74. The first-order valence-electron chi connectivity index (χ1n) is 8.08. The molecule has 0 saturated heterocycles. The molecule has 0 radical (unpaired) electrons. The highest BCUT2D eigenvalue weighted by Crippen LogP contribution is 2.32. The maximum Gasteiger partial charge on any atom is 0.263 e. The van der Waals surface area contributed by atoms with E-state index in [1.54, 1.807) is 11.9 Å². The van der Waals surface area contributed by atoms with E-state index < -0.39 is 0 Å². The third kappa shape index (κ3) is 4.35. The summed E-state index contributed by atoms with van der Waals surface area (Å²) >= 11 is 3.48. The van der Waals surface area contributed by atoms with Crippen molar-refractivity contribution < 1.29 is 19.1 Å². The molecule has 2 aromatic carbocycles. The Morgan fingerprint density at radius 3 is 2.81 bits per heavy atom. The number of hydrogen-bond donors (Lipinski definition) is 0. The Morgan fingerprint density at radius 2 is 2.00 bits per heavy atom. The summed E-state index contributed by atoms with van der Waals surface area (Å²) in [6.45, 7) is 2.41. The standard InChI is InChI=1S/C19H19BrN2O4/c1-13(14-7-8-17-18(9-14)25-12-24-17)21-26-11-19(23)22(2)10-15-5-3-4-6-16(15)20/h3-9H,10-12H2,1-2H3/b21-13+. The fraction of sp³-hybridized carbons (Fsp3) is 0.263. The molecule has 0 bridgehead atoms. The first-order chi connectivity index (χ1) is 12.5. The zero-order chi connectivity index (χ0) is 18.5. The second-order valence-corrected chi connectivity index (χ2v) is 6.71. The molecule has 0 atom stereocenters. The number of likely N-dealkylation sites (N-methyl/N-ethyl adjacent to an activating group) is 1. The number of hydrogen-bond acceptors (Lipinski definition) is 5. The Bertz CT molecular complexity index is 838. The third-order valence-electron chi connectivity index (χ3n) is 3.97. The predicted molar refractivity (Wildman–Crippen MR) is 101 cm³/mol. The lowest BCUT2D eigenvalue weighted by Crippen LogP contribution is -2.29. The van der Waals surface area contributed by atoms with Gasteiger partial charge in [0, 0.05) is 23.6 Å². The van der Waals surface area contributed by atoms with Crippen molar-refractivity contribution in [3.05, 3.63) is 58.1 Å². The number of carbonyl (C=O) groups is 1. The number of oxime groups is 1. The molecule has 1 amide bonds. The molecule has 0 fully saturated rings. The van der Waals surface area contributed by atoms with Crippen molar-refractivity contribution in [2.75, 3.05) is 20.4 Å². The smallest absolute Gasteiger partial charge is 0.263 e. The van der Waals surface area contributed by atoms with Crippen LogP contribution in [0.4, 0.5) is 0 Å². The molecule has 0 aliphatic carbocycles. The molecule has 7 heteroatoms. The Labute approximate surface area is 160 Å². The van der Waals surface area contributed by atoms with Gasteiger partial charge >= 0.3 is 0 Å². The minimum atomic E-state index is -0.150. The zero-order valence-corrected chi connectivity index (χ0v) is 16.2. The monoisotopic (exact) mass is 418 g/mol. The van der Waals surface area contributed by atoms with Gasteiger partial charge in [-0.3, -0.25) is 4.79 Å². The number of nitrogens with zero attached hydrogens (tertiary/aromatic N) is 2. The molecule has 0 saturated carbocycles. The van der Waals surface area contributed by atoms with Crippen LogP contribution in [0.1, 0.15) is 18.1 Å². The van der Waals surface area contributed by atoms with Crippen LogP contribution in [0.15, 0.2) is 52.1 Å². The highest BCUT2D eigenvalue weighted by molar-refractivity contribution is 9.10. The maximum atomic E-state index is 12.2. The van der Waals surface area contributed by atoms with Gasteiger partial charge in [0.2, 0.25) is 6.79 Å². The van der Waals surface area contributed by atoms with Crippen LogP contribution in [-0.2, 0) is 16.2 Å². The van der Waals surface area contributed by atoms with E-state index in [1.165, 1.54) is 0 Å². The number of ether oxygens (including phenoxy) is 2. The fourth-order valence-electron chi connectivity index (χ4n) is 2.44. The Balaban J connectivity index is 1.54. The largest absolute Gasteiger partial charge is 0.454 e. The lowest BCUT2D eigenvalue weighted by molar-refractivity contribution is -0.135. The zero-order valence-electron chi connectivity index (χ0n) is 14.6. The van der Waals surface area contributed by atoms with Crippen LogP contribution in [0, 0.1) is 0 Å². The van der Waals surface area contributed by atoms with Gasteiger partial charge in [0.1, 0.15) is 0 Å². The van der Waals surface area contributed by atoms with Crippen molar-refractivity contribution >= 4 is 27.5 Å². The van der Waals surface area contributed by atoms with E-state index in [0.717, 1.165) is 15.6 Å². The minimum absolute atomic E-state index is 0.122. The van der Waals surface area contributed by atoms with E-state index in [4.69, 9.17) is 14.3 Å². The predicted octanol–water partition coefficient (Wildman–Crippen LogP) is 3.58. The van der Waals surface area contributed by atoms with Crippen LogP contribution in [0.25, 0.3) is 0 Å². The van der Waals surface area contributed by atoms with E-state index in [0.29, 0.717) is 23.8 Å². The quantitative estimate of drug-likeness (QED) is 0.531. The molecule has 0 aromatic heterocycles. The average Bonchev–Trinajstić information content (AvgIpc) is 3.11. The lowest BCUT2D eigenvalue weighted by atomic mass is 10.1. The van der Waals surface area contributed by atoms with E-state index in [2.05, 4.69) is 21.1 Å². The van der Waals surface area contributed by atoms with Crippen LogP contribution in [0.5, 0.6) is 11.5 Å². The van der Waals surface area contributed by atoms with Crippen molar-refractivity contribution in [3.63, 3.8) is 0 Å². The minimum Gasteiger partial charge on any atom is -0.454 e. The highest BCUT2D eigenvalue weighted by Gasteiger charge is 2.15. The van der Waals surface area contributed by atoms with Gasteiger partial charge in [-0.1, -0.05) is 39.3 Å². The van der Waals surface area contributed by atoms with E-state index in [-0.39, 0.29) is 19.3 Å². The molecular formula is C19H19BrN2O4. The van der Waals surface area contributed by atoms with Crippen LogP contribution in [0.3, 0.4) is 0 Å². The van der Waals surface area contributed by atoms with Crippen molar-refractivity contribution in [1.82, 2.24) is 4.90 Å². The van der Waals surface area contributed by atoms with Gasteiger partial charge in [-0.15, -0.1) is 0 Å². The van der Waals surface area contributed by atoms with E-state index in [9.17, 15) is 4.79 Å². The van der Waals surface area contributed by atoms with Crippen LogP contribution in [-0.4, -0.2) is 37.0 Å². The molecule has 1 aliphatic heterocycles. The number of carbonyl (C=O) groups excluding carboxylic acids is 1. The normalized spacial score (nSPS) is 12.8. The van der Waals surface area contributed by atoms with Gasteiger partial charge in [0.15, 0.2) is 18.1 Å². The maximum absolute atomic E-state index is 12.2. The molecule has 0 unspecified atom stereocenters. The van der Waals surface area contributed by atoms with Gasteiger partial charge in [0.25, 0.3) is 5.91 Å². The summed E-state index contributed by atoms with van der Waals surface area (Å²) in [5.41, 5.74) is 2.54. The Kier molecular flexibility index (Phi) is 5.78. The molecule has 6 nitrogen and oxygen atoms in total. The average molecular weight is 419 g/mol. The van der Waals surface area contributed by atoms with Gasteiger partial charge in [0.05, 0.1) is 5.71 Å². The van der Waals surface area contributed by atoms with Gasteiger partial charge < -0.3 is 19.2 Å².